The fourth-order valence-electron chi connectivity index (χ4n) is 2.82. The number of hydrogen-bond acceptors (Lipinski definition) is 4. The maximum absolute atomic E-state index is 5.99. The van der Waals surface area contributed by atoms with Gasteiger partial charge >= 0.3 is 0 Å². The molecule has 0 bridgehead atoms. The summed E-state index contributed by atoms with van der Waals surface area (Å²) in [6.45, 7) is 4.28. The van der Waals surface area contributed by atoms with Crippen LogP contribution in [0, 0.1) is 0 Å². The van der Waals surface area contributed by atoms with E-state index in [9.17, 15) is 0 Å². The van der Waals surface area contributed by atoms with Crippen molar-refractivity contribution in [1.29, 1.82) is 0 Å². The first kappa shape index (κ1) is 16.0. The molecule has 0 amide bonds. The number of thioether (sulfide) groups is 1. The Labute approximate surface area is 150 Å². The molecule has 25 heavy (non-hydrogen) atoms. The fraction of sp³-hybridized carbons (Fsp3) is 0.200. The van der Waals surface area contributed by atoms with Crippen LogP contribution in [0.4, 0.5) is 0 Å². The third-order valence-corrected chi connectivity index (χ3v) is 5.05. The van der Waals surface area contributed by atoms with Crippen molar-refractivity contribution in [3.05, 3.63) is 66.2 Å². The van der Waals surface area contributed by atoms with Crippen molar-refractivity contribution in [3.63, 3.8) is 0 Å². The molecule has 0 spiro atoms. The Balaban J connectivity index is 1.68. The summed E-state index contributed by atoms with van der Waals surface area (Å²) in [6, 6.07) is 20.7. The molecule has 0 saturated heterocycles. The van der Waals surface area contributed by atoms with Crippen LogP contribution in [-0.2, 0) is 5.75 Å². The summed E-state index contributed by atoms with van der Waals surface area (Å²) in [5, 5.41) is 10.8. The summed E-state index contributed by atoms with van der Waals surface area (Å²) >= 11 is 1.70. The van der Waals surface area contributed by atoms with Gasteiger partial charge in [-0.25, -0.2) is 0 Å². The van der Waals surface area contributed by atoms with Crippen LogP contribution in [0.1, 0.15) is 25.5 Å². The molecule has 5 heteroatoms. The molecule has 0 atom stereocenters. The zero-order valence-electron chi connectivity index (χ0n) is 14.2. The molecular weight excluding hydrogens is 330 g/mol. The van der Waals surface area contributed by atoms with Gasteiger partial charge in [0.2, 0.25) is 5.82 Å². The highest BCUT2D eigenvalue weighted by atomic mass is 32.2. The first-order valence-electron chi connectivity index (χ1n) is 8.33. The number of hydrogen-bond donors (Lipinski definition) is 0. The third kappa shape index (κ3) is 3.20. The van der Waals surface area contributed by atoms with Gasteiger partial charge in [-0.2, -0.15) is 0 Å². The predicted molar refractivity (Wildman–Crippen MR) is 102 cm³/mol. The third-order valence-electron chi connectivity index (χ3n) is 4.04. The zero-order valence-corrected chi connectivity index (χ0v) is 15.0. The van der Waals surface area contributed by atoms with Gasteiger partial charge in [0.25, 0.3) is 0 Å². The van der Waals surface area contributed by atoms with Crippen LogP contribution < -0.4 is 0 Å². The predicted octanol–water partition coefficient (Wildman–Crippen LogP) is 5.56. The largest absolute Gasteiger partial charge is 0.453 e. The fourth-order valence-corrected chi connectivity index (χ4v) is 3.85. The molecule has 0 radical (unpaired) electrons. The Morgan fingerprint density at radius 3 is 2.52 bits per heavy atom. The smallest absolute Gasteiger partial charge is 0.200 e. The van der Waals surface area contributed by atoms with Gasteiger partial charge < -0.3 is 4.42 Å². The second kappa shape index (κ2) is 6.76. The monoisotopic (exact) mass is 349 g/mol. The minimum Gasteiger partial charge on any atom is -0.453 e. The summed E-state index contributed by atoms with van der Waals surface area (Å²) < 4.78 is 8.13. The second-order valence-electron chi connectivity index (χ2n) is 6.19. The molecule has 4 aromatic rings. The van der Waals surface area contributed by atoms with Gasteiger partial charge in [-0.05, 0) is 31.5 Å². The van der Waals surface area contributed by atoms with E-state index >= 15 is 0 Å². The van der Waals surface area contributed by atoms with Crippen molar-refractivity contribution in [3.8, 4) is 11.6 Å². The van der Waals surface area contributed by atoms with E-state index in [4.69, 9.17) is 4.42 Å². The molecule has 4 nitrogen and oxygen atoms in total. The highest BCUT2D eigenvalue weighted by molar-refractivity contribution is 7.98. The Kier molecular flexibility index (Phi) is 4.32. The Morgan fingerprint density at radius 1 is 1.00 bits per heavy atom. The molecule has 0 unspecified atom stereocenters. The van der Waals surface area contributed by atoms with E-state index in [-0.39, 0.29) is 6.04 Å². The highest BCUT2D eigenvalue weighted by Crippen LogP contribution is 2.32. The Bertz CT molecular complexity index is 956. The standard InChI is InChI=1S/C20H19N3OS/c1-14(2)23-19(18-12-16-10-6-7-11-17(16)24-18)21-22-20(23)25-13-15-8-4-3-5-9-15/h3-12,14H,13H2,1-2H3. The lowest BCUT2D eigenvalue weighted by molar-refractivity contribution is 0.540. The van der Waals surface area contributed by atoms with Crippen LogP contribution >= 0.6 is 11.8 Å². The van der Waals surface area contributed by atoms with Gasteiger partial charge in [-0.3, -0.25) is 4.57 Å². The first-order valence-corrected chi connectivity index (χ1v) is 9.31. The molecule has 0 saturated carbocycles. The molecule has 0 aliphatic rings. The molecule has 0 N–H and O–H groups in total. The van der Waals surface area contributed by atoms with Crippen molar-refractivity contribution in [1.82, 2.24) is 14.8 Å². The van der Waals surface area contributed by atoms with Crippen molar-refractivity contribution >= 4 is 22.7 Å². The van der Waals surface area contributed by atoms with Gasteiger partial charge in [0, 0.05) is 17.2 Å². The van der Waals surface area contributed by atoms with Crippen molar-refractivity contribution < 1.29 is 4.42 Å². The van der Waals surface area contributed by atoms with Crippen LogP contribution in [0.2, 0.25) is 0 Å². The van der Waals surface area contributed by atoms with Gasteiger partial charge in [0.05, 0.1) is 0 Å². The quantitative estimate of drug-likeness (QED) is 0.442. The van der Waals surface area contributed by atoms with Crippen molar-refractivity contribution in [2.75, 3.05) is 0 Å². The maximum atomic E-state index is 5.99. The summed E-state index contributed by atoms with van der Waals surface area (Å²) in [5.74, 6) is 2.40. The molecular formula is C20H19N3OS. The number of nitrogens with zero attached hydrogens (tertiary/aromatic N) is 3. The average Bonchev–Trinajstić information content (AvgIpc) is 3.24. The van der Waals surface area contributed by atoms with E-state index in [1.54, 1.807) is 11.8 Å². The van der Waals surface area contributed by atoms with Crippen LogP contribution in [0.25, 0.3) is 22.6 Å². The Morgan fingerprint density at radius 2 is 1.76 bits per heavy atom. The number of benzene rings is 2. The molecule has 4 rings (SSSR count). The lowest BCUT2D eigenvalue weighted by Gasteiger charge is -2.12. The van der Waals surface area contributed by atoms with E-state index in [1.165, 1.54) is 5.56 Å². The molecule has 0 aliphatic heterocycles. The van der Waals surface area contributed by atoms with Crippen LogP contribution in [0.3, 0.4) is 0 Å². The summed E-state index contributed by atoms with van der Waals surface area (Å²) in [7, 11) is 0. The van der Waals surface area contributed by atoms with Crippen molar-refractivity contribution in [2.45, 2.75) is 30.8 Å². The van der Waals surface area contributed by atoms with E-state index in [0.717, 1.165) is 33.5 Å². The molecule has 126 valence electrons. The molecule has 0 fully saturated rings. The van der Waals surface area contributed by atoms with Gasteiger partial charge in [-0.1, -0.05) is 60.3 Å². The van der Waals surface area contributed by atoms with Crippen LogP contribution in [0.15, 0.2) is 70.2 Å². The number of fused-ring (bicyclic) bond motifs is 1. The van der Waals surface area contributed by atoms with E-state index < -0.39 is 0 Å². The van der Waals surface area contributed by atoms with E-state index in [2.05, 4.69) is 52.9 Å². The normalized spacial score (nSPS) is 11.5. The van der Waals surface area contributed by atoms with Crippen LogP contribution in [-0.4, -0.2) is 14.8 Å². The highest BCUT2D eigenvalue weighted by Gasteiger charge is 2.19. The number of furan rings is 1. The van der Waals surface area contributed by atoms with Gasteiger partial charge in [0.15, 0.2) is 10.9 Å². The minimum absolute atomic E-state index is 0.247. The summed E-state index contributed by atoms with van der Waals surface area (Å²) in [4.78, 5) is 0. The SMILES string of the molecule is CC(C)n1c(SCc2ccccc2)nnc1-c1cc2ccccc2o1. The lowest BCUT2D eigenvalue weighted by Crippen LogP contribution is -2.04. The summed E-state index contributed by atoms with van der Waals surface area (Å²) in [6.07, 6.45) is 0. The van der Waals surface area contributed by atoms with E-state index in [0.29, 0.717) is 0 Å². The maximum Gasteiger partial charge on any atom is 0.200 e. The second-order valence-corrected chi connectivity index (χ2v) is 7.14. The molecule has 0 aliphatic carbocycles. The zero-order chi connectivity index (χ0) is 17.2. The molecule has 2 heterocycles. The van der Waals surface area contributed by atoms with E-state index in [1.807, 2.05) is 36.4 Å². The summed E-state index contributed by atoms with van der Waals surface area (Å²) in [5.41, 5.74) is 2.14. The van der Waals surface area contributed by atoms with Crippen LogP contribution in [0.5, 0.6) is 0 Å². The first-order chi connectivity index (χ1) is 12.2. The van der Waals surface area contributed by atoms with Gasteiger partial charge in [-0.15, -0.1) is 10.2 Å². The number of para-hydroxylation sites is 1. The Hall–Kier alpha value is -2.53. The average molecular weight is 349 g/mol. The lowest BCUT2D eigenvalue weighted by atomic mass is 10.2. The molecule has 2 aromatic heterocycles. The molecule has 2 aromatic carbocycles. The topological polar surface area (TPSA) is 43.9 Å². The number of rotatable bonds is 5. The minimum atomic E-state index is 0.247. The number of aromatic nitrogens is 3. The van der Waals surface area contributed by atoms with Crippen molar-refractivity contribution in [2.24, 2.45) is 0 Å². The van der Waals surface area contributed by atoms with Gasteiger partial charge in [0.1, 0.15) is 5.58 Å².